The van der Waals surface area contributed by atoms with Gasteiger partial charge in [-0.05, 0) is 26.0 Å². The lowest BCUT2D eigenvalue weighted by Crippen LogP contribution is -2.17. The van der Waals surface area contributed by atoms with Crippen molar-refractivity contribution >= 4 is 11.3 Å². The van der Waals surface area contributed by atoms with Crippen molar-refractivity contribution in [3.05, 3.63) is 34.8 Å². The van der Waals surface area contributed by atoms with Gasteiger partial charge in [0, 0.05) is 17.0 Å². The fraction of sp³-hybridized carbons (Fsp3) is 0.400. The van der Waals surface area contributed by atoms with Crippen LogP contribution in [0.2, 0.25) is 0 Å². The topological polar surface area (TPSA) is 22.1 Å². The zero-order chi connectivity index (χ0) is 14.0. The Balaban J connectivity index is 2.38. The van der Waals surface area contributed by atoms with Gasteiger partial charge < -0.3 is 4.74 Å². The summed E-state index contributed by atoms with van der Waals surface area (Å²) in [6.45, 7) is 7.60. The van der Waals surface area contributed by atoms with E-state index in [0.717, 1.165) is 21.0 Å². The van der Waals surface area contributed by atoms with Gasteiger partial charge in [-0.1, -0.05) is 25.5 Å². The third kappa shape index (κ3) is 3.32. The molecule has 0 saturated carbocycles. The summed E-state index contributed by atoms with van der Waals surface area (Å²) in [5.41, 5.74) is 1.97. The molecule has 0 aliphatic rings. The summed E-state index contributed by atoms with van der Waals surface area (Å²) in [5.74, 6) is 0.383. The Morgan fingerprint density at radius 2 is 2.00 bits per heavy atom. The number of ether oxygens (including phenoxy) is 1. The maximum absolute atomic E-state index is 13.8. The van der Waals surface area contributed by atoms with Crippen LogP contribution in [0.1, 0.15) is 24.3 Å². The average molecular weight is 279 g/mol. The van der Waals surface area contributed by atoms with Gasteiger partial charge in [0.05, 0.1) is 5.56 Å². The molecule has 0 spiro atoms. The molecular weight excluding hydrogens is 261 g/mol. The molecule has 1 heterocycles. The molecule has 0 radical (unpaired) electrons. The molecule has 2 aromatic rings. The maximum atomic E-state index is 13.8. The highest BCUT2D eigenvalue weighted by molar-refractivity contribution is 7.15. The summed E-state index contributed by atoms with van der Waals surface area (Å²) < 4.78 is 19.2. The van der Waals surface area contributed by atoms with Crippen LogP contribution in [0, 0.1) is 19.8 Å². The molecule has 0 fully saturated rings. The van der Waals surface area contributed by atoms with Crippen molar-refractivity contribution in [3.8, 4) is 16.3 Å². The van der Waals surface area contributed by atoms with E-state index < -0.39 is 6.36 Å². The monoisotopic (exact) mass is 279 g/mol. The van der Waals surface area contributed by atoms with Gasteiger partial charge in [-0.3, -0.25) is 0 Å². The Kier molecular flexibility index (Phi) is 4.20. The second-order valence-corrected chi connectivity index (χ2v) is 6.22. The minimum atomic E-state index is -1.30. The lowest BCUT2D eigenvalue weighted by Gasteiger charge is -2.17. The minimum Gasteiger partial charge on any atom is -0.459 e. The molecule has 0 amide bonds. The SMILES string of the molecule is Cc1ccc(OC(F)C(C)C)c(-c2ncc(C)s2)c1. The first-order valence-electron chi connectivity index (χ1n) is 6.31. The number of thiazole rings is 1. The largest absolute Gasteiger partial charge is 0.459 e. The van der Waals surface area contributed by atoms with Gasteiger partial charge in [0.25, 0.3) is 0 Å². The van der Waals surface area contributed by atoms with Crippen LogP contribution in [0.4, 0.5) is 4.39 Å². The van der Waals surface area contributed by atoms with E-state index in [1.165, 1.54) is 0 Å². The number of aromatic nitrogens is 1. The van der Waals surface area contributed by atoms with E-state index in [2.05, 4.69) is 4.98 Å². The molecule has 19 heavy (non-hydrogen) atoms. The summed E-state index contributed by atoms with van der Waals surface area (Å²) >= 11 is 1.59. The van der Waals surface area contributed by atoms with Crippen LogP contribution in [0.5, 0.6) is 5.75 Å². The molecule has 1 aromatic heterocycles. The van der Waals surface area contributed by atoms with E-state index in [1.807, 2.05) is 38.2 Å². The van der Waals surface area contributed by atoms with Gasteiger partial charge >= 0.3 is 0 Å². The molecule has 1 unspecified atom stereocenters. The maximum Gasteiger partial charge on any atom is 0.240 e. The molecule has 102 valence electrons. The average Bonchev–Trinajstić information content (AvgIpc) is 2.77. The Hall–Kier alpha value is -1.42. The molecular formula is C15H18FNOS. The Morgan fingerprint density at radius 3 is 2.58 bits per heavy atom. The minimum absolute atomic E-state index is 0.174. The van der Waals surface area contributed by atoms with E-state index in [1.54, 1.807) is 25.2 Å². The normalized spacial score (nSPS) is 12.7. The summed E-state index contributed by atoms with van der Waals surface area (Å²) in [6, 6.07) is 5.73. The molecule has 0 bridgehead atoms. The number of nitrogens with zero attached hydrogens (tertiary/aromatic N) is 1. The number of rotatable bonds is 4. The van der Waals surface area contributed by atoms with Crippen molar-refractivity contribution in [2.24, 2.45) is 5.92 Å². The van der Waals surface area contributed by atoms with Crippen LogP contribution >= 0.6 is 11.3 Å². The lowest BCUT2D eigenvalue weighted by atomic mass is 10.1. The van der Waals surface area contributed by atoms with Crippen LogP contribution in [0.3, 0.4) is 0 Å². The van der Waals surface area contributed by atoms with E-state index in [0.29, 0.717) is 5.75 Å². The molecule has 2 nitrogen and oxygen atoms in total. The van der Waals surface area contributed by atoms with Crippen LogP contribution in [-0.2, 0) is 0 Å². The second kappa shape index (κ2) is 5.70. The molecule has 0 saturated heterocycles. The van der Waals surface area contributed by atoms with Crippen LogP contribution in [-0.4, -0.2) is 11.3 Å². The molecule has 4 heteroatoms. The van der Waals surface area contributed by atoms with Gasteiger partial charge in [-0.2, -0.15) is 0 Å². The zero-order valence-corrected chi connectivity index (χ0v) is 12.4. The van der Waals surface area contributed by atoms with Crippen molar-refractivity contribution in [2.75, 3.05) is 0 Å². The highest BCUT2D eigenvalue weighted by Gasteiger charge is 2.17. The van der Waals surface area contributed by atoms with Gasteiger partial charge in [0.15, 0.2) is 0 Å². The number of hydrogen-bond donors (Lipinski definition) is 0. The van der Waals surface area contributed by atoms with E-state index >= 15 is 0 Å². The number of benzene rings is 1. The molecule has 1 aromatic carbocycles. The van der Waals surface area contributed by atoms with Crippen LogP contribution in [0.15, 0.2) is 24.4 Å². The third-order valence-corrected chi connectivity index (χ3v) is 3.70. The summed E-state index contributed by atoms with van der Waals surface area (Å²) in [4.78, 5) is 5.48. The standard InChI is InChI=1S/C15H18FNOS/c1-9(2)14(16)18-13-6-5-10(3)7-12(13)15-17-8-11(4)19-15/h5-9,14H,1-4H3. The lowest BCUT2D eigenvalue weighted by molar-refractivity contribution is 0.0262. The molecule has 2 rings (SSSR count). The van der Waals surface area contributed by atoms with Crippen molar-refractivity contribution in [1.82, 2.24) is 4.98 Å². The number of halogens is 1. The molecule has 0 aliphatic heterocycles. The smallest absolute Gasteiger partial charge is 0.240 e. The fourth-order valence-corrected chi connectivity index (χ4v) is 2.44. The van der Waals surface area contributed by atoms with Crippen LogP contribution < -0.4 is 4.74 Å². The Morgan fingerprint density at radius 1 is 1.26 bits per heavy atom. The van der Waals surface area contributed by atoms with Gasteiger partial charge in [-0.25, -0.2) is 9.37 Å². The molecule has 0 aliphatic carbocycles. The highest BCUT2D eigenvalue weighted by atomic mass is 32.1. The first-order chi connectivity index (χ1) is 8.97. The van der Waals surface area contributed by atoms with E-state index in [9.17, 15) is 4.39 Å². The summed E-state index contributed by atoms with van der Waals surface area (Å²) in [7, 11) is 0. The second-order valence-electron chi connectivity index (χ2n) is 4.99. The predicted molar refractivity (Wildman–Crippen MR) is 77.4 cm³/mol. The van der Waals surface area contributed by atoms with Crippen molar-refractivity contribution in [3.63, 3.8) is 0 Å². The number of hydrogen-bond acceptors (Lipinski definition) is 3. The Labute approximate surface area is 117 Å². The summed E-state index contributed by atoms with van der Waals surface area (Å²) in [5, 5.41) is 0.868. The van der Waals surface area contributed by atoms with Gasteiger partial charge in [0.2, 0.25) is 6.36 Å². The van der Waals surface area contributed by atoms with Gasteiger partial charge in [0.1, 0.15) is 10.8 Å². The fourth-order valence-electron chi connectivity index (χ4n) is 1.65. The zero-order valence-electron chi connectivity index (χ0n) is 11.6. The Bertz CT molecular complexity index is 565. The molecule has 1 atom stereocenters. The number of aryl methyl sites for hydroxylation is 2. The van der Waals surface area contributed by atoms with Gasteiger partial charge in [-0.15, -0.1) is 11.3 Å². The first kappa shape index (κ1) is 14.0. The third-order valence-electron chi connectivity index (χ3n) is 2.75. The van der Waals surface area contributed by atoms with E-state index in [-0.39, 0.29) is 5.92 Å². The van der Waals surface area contributed by atoms with Crippen molar-refractivity contribution in [2.45, 2.75) is 34.1 Å². The highest BCUT2D eigenvalue weighted by Crippen LogP contribution is 2.34. The van der Waals surface area contributed by atoms with Crippen molar-refractivity contribution < 1.29 is 9.13 Å². The van der Waals surface area contributed by atoms with Crippen LogP contribution in [0.25, 0.3) is 10.6 Å². The number of alkyl halides is 1. The predicted octanol–water partition coefficient (Wildman–Crippen LogP) is 4.76. The molecule has 0 N–H and O–H groups in total. The quantitative estimate of drug-likeness (QED) is 0.805. The summed E-state index contributed by atoms with van der Waals surface area (Å²) in [6.07, 6.45) is 0.518. The van der Waals surface area contributed by atoms with Crippen molar-refractivity contribution in [1.29, 1.82) is 0 Å². The first-order valence-corrected chi connectivity index (χ1v) is 7.13. The van der Waals surface area contributed by atoms with E-state index in [4.69, 9.17) is 4.74 Å².